The van der Waals surface area contributed by atoms with Crippen molar-refractivity contribution in [2.75, 3.05) is 12.4 Å². The predicted octanol–water partition coefficient (Wildman–Crippen LogP) is 3.51. The fourth-order valence-electron chi connectivity index (χ4n) is 2.40. The summed E-state index contributed by atoms with van der Waals surface area (Å²) in [5, 5.41) is 24.6. The lowest BCUT2D eigenvalue weighted by atomic mass is 10.1. The van der Waals surface area contributed by atoms with Crippen LogP contribution in [0.1, 0.15) is 10.4 Å². The molecule has 0 unspecified atom stereocenters. The van der Waals surface area contributed by atoms with Gasteiger partial charge in [0, 0.05) is 29.7 Å². The van der Waals surface area contributed by atoms with Crippen LogP contribution in [0.25, 0.3) is 11.0 Å². The molecule has 0 atom stereocenters. The van der Waals surface area contributed by atoms with Crippen LogP contribution in [0.15, 0.2) is 47.1 Å². The summed E-state index contributed by atoms with van der Waals surface area (Å²) in [6, 6.07) is 7.62. The third-order valence-corrected chi connectivity index (χ3v) is 3.65. The number of methoxy groups -OCH3 is 1. The molecule has 0 radical (unpaired) electrons. The molecule has 10 heteroatoms. The van der Waals surface area contributed by atoms with Crippen LogP contribution in [0, 0.1) is 20.2 Å². The second-order valence-electron chi connectivity index (χ2n) is 5.18. The maximum Gasteiger partial charge on any atom is 0.271 e. The van der Waals surface area contributed by atoms with Gasteiger partial charge in [0.15, 0.2) is 0 Å². The van der Waals surface area contributed by atoms with Crippen molar-refractivity contribution >= 4 is 33.9 Å². The molecule has 1 amide bonds. The average Bonchev–Trinajstić information content (AvgIpc) is 3.04. The maximum atomic E-state index is 12.6. The number of nitrogens with zero attached hydrogens (tertiary/aromatic N) is 2. The Morgan fingerprint density at radius 3 is 2.38 bits per heavy atom. The van der Waals surface area contributed by atoms with E-state index in [9.17, 15) is 25.0 Å². The first-order chi connectivity index (χ1) is 12.4. The van der Waals surface area contributed by atoms with E-state index in [1.54, 1.807) is 0 Å². The van der Waals surface area contributed by atoms with E-state index in [-0.39, 0.29) is 33.8 Å². The quantitative estimate of drug-likeness (QED) is 0.544. The van der Waals surface area contributed by atoms with E-state index >= 15 is 0 Å². The van der Waals surface area contributed by atoms with Crippen LogP contribution in [0.5, 0.6) is 5.75 Å². The number of nitrogens with one attached hydrogen (secondary N) is 1. The number of anilines is 1. The minimum atomic E-state index is -0.650. The van der Waals surface area contributed by atoms with Crippen molar-refractivity contribution in [2.24, 2.45) is 0 Å². The van der Waals surface area contributed by atoms with Crippen LogP contribution in [0.2, 0.25) is 0 Å². The largest absolute Gasteiger partial charge is 0.495 e. The van der Waals surface area contributed by atoms with Gasteiger partial charge in [-0.15, -0.1) is 0 Å². The molecule has 1 aromatic heterocycles. The Labute approximate surface area is 145 Å². The lowest BCUT2D eigenvalue weighted by Crippen LogP contribution is -2.12. The molecule has 3 aromatic rings. The lowest BCUT2D eigenvalue weighted by molar-refractivity contribution is -0.384. The summed E-state index contributed by atoms with van der Waals surface area (Å²) in [5.41, 5.74) is 0.0187. The number of hydrogen-bond acceptors (Lipinski definition) is 7. The predicted molar refractivity (Wildman–Crippen MR) is 90.5 cm³/mol. The van der Waals surface area contributed by atoms with Crippen LogP contribution in [0.3, 0.4) is 0 Å². The number of hydrogen-bond donors (Lipinski definition) is 1. The number of carbonyl (C=O) groups is 1. The molecule has 0 aliphatic rings. The minimum Gasteiger partial charge on any atom is -0.495 e. The van der Waals surface area contributed by atoms with Crippen molar-refractivity contribution in [3.8, 4) is 5.75 Å². The van der Waals surface area contributed by atoms with Crippen molar-refractivity contribution < 1.29 is 23.8 Å². The van der Waals surface area contributed by atoms with Gasteiger partial charge >= 0.3 is 0 Å². The van der Waals surface area contributed by atoms with Gasteiger partial charge in [0.25, 0.3) is 17.3 Å². The molecule has 0 spiro atoms. The fraction of sp³-hybridized carbons (Fsp3) is 0.0625. The molecular formula is C16H11N3O7. The van der Waals surface area contributed by atoms with E-state index in [1.807, 2.05) is 0 Å². The summed E-state index contributed by atoms with van der Waals surface area (Å²) in [4.78, 5) is 33.2. The first-order valence-corrected chi connectivity index (χ1v) is 7.20. The molecule has 0 saturated carbocycles. The Morgan fingerprint density at radius 1 is 1.08 bits per heavy atom. The van der Waals surface area contributed by atoms with E-state index in [0.717, 1.165) is 12.3 Å². The molecule has 1 N–H and O–H groups in total. The van der Waals surface area contributed by atoms with Gasteiger partial charge < -0.3 is 14.5 Å². The van der Waals surface area contributed by atoms with Gasteiger partial charge in [-0.05, 0) is 12.1 Å². The van der Waals surface area contributed by atoms with E-state index in [0.29, 0.717) is 5.58 Å². The van der Waals surface area contributed by atoms with Crippen LogP contribution < -0.4 is 10.1 Å². The van der Waals surface area contributed by atoms with Gasteiger partial charge in [-0.2, -0.15) is 0 Å². The SMILES string of the molecule is COc1ccc([N+](=O)[O-])cc1NC(=O)c1coc2ccc([N+](=O)[O-])cc12. The Kier molecular flexibility index (Phi) is 4.23. The molecular weight excluding hydrogens is 346 g/mol. The van der Waals surface area contributed by atoms with Crippen molar-refractivity contribution in [3.05, 3.63) is 68.5 Å². The molecule has 0 bridgehead atoms. The Balaban J connectivity index is 1.99. The first kappa shape index (κ1) is 16.9. The van der Waals surface area contributed by atoms with E-state index < -0.39 is 15.8 Å². The standard InChI is InChI=1S/C16H11N3O7/c1-25-15-5-3-10(19(23)24)7-13(15)17-16(20)12-8-26-14-4-2-9(18(21)22)6-11(12)14/h2-8H,1H3,(H,17,20). The van der Waals surface area contributed by atoms with E-state index in [4.69, 9.17) is 9.15 Å². The van der Waals surface area contributed by atoms with Crippen LogP contribution >= 0.6 is 0 Å². The third kappa shape index (κ3) is 3.02. The van der Waals surface area contributed by atoms with Crippen LogP contribution in [-0.4, -0.2) is 22.9 Å². The number of nitro groups is 2. The Bertz CT molecular complexity index is 1040. The summed E-state index contributed by atoms with van der Waals surface area (Å²) < 4.78 is 10.3. The zero-order valence-electron chi connectivity index (χ0n) is 13.3. The summed E-state index contributed by atoms with van der Waals surface area (Å²) >= 11 is 0. The fourth-order valence-corrected chi connectivity index (χ4v) is 2.40. The highest BCUT2D eigenvalue weighted by atomic mass is 16.6. The van der Waals surface area contributed by atoms with Gasteiger partial charge in [0.2, 0.25) is 0 Å². The average molecular weight is 357 g/mol. The molecule has 1 heterocycles. The highest BCUT2D eigenvalue weighted by Crippen LogP contribution is 2.31. The number of ether oxygens (including phenoxy) is 1. The zero-order valence-corrected chi connectivity index (χ0v) is 13.3. The Hall–Kier alpha value is -3.95. The second-order valence-corrected chi connectivity index (χ2v) is 5.18. The van der Waals surface area contributed by atoms with Crippen molar-refractivity contribution in [1.29, 1.82) is 0 Å². The summed E-state index contributed by atoms with van der Waals surface area (Å²) in [6.07, 6.45) is 1.16. The van der Waals surface area contributed by atoms with E-state index in [1.165, 1.54) is 37.4 Å². The minimum absolute atomic E-state index is 0.0530. The summed E-state index contributed by atoms with van der Waals surface area (Å²) in [5.74, 6) is -0.425. The number of fused-ring (bicyclic) bond motifs is 1. The molecule has 0 aliphatic carbocycles. The summed E-state index contributed by atoms with van der Waals surface area (Å²) in [6.45, 7) is 0. The van der Waals surface area contributed by atoms with Crippen molar-refractivity contribution in [1.82, 2.24) is 0 Å². The van der Waals surface area contributed by atoms with Crippen LogP contribution in [-0.2, 0) is 0 Å². The molecule has 0 saturated heterocycles. The molecule has 0 aliphatic heterocycles. The Morgan fingerprint density at radius 2 is 1.73 bits per heavy atom. The number of benzene rings is 2. The van der Waals surface area contributed by atoms with Gasteiger partial charge in [0.05, 0.1) is 28.2 Å². The molecule has 10 nitrogen and oxygen atoms in total. The molecule has 2 aromatic carbocycles. The van der Waals surface area contributed by atoms with Crippen LogP contribution in [0.4, 0.5) is 17.1 Å². The number of amides is 1. The van der Waals surface area contributed by atoms with Crippen molar-refractivity contribution in [3.63, 3.8) is 0 Å². The monoisotopic (exact) mass is 357 g/mol. The molecule has 0 fully saturated rings. The summed E-state index contributed by atoms with van der Waals surface area (Å²) in [7, 11) is 1.35. The van der Waals surface area contributed by atoms with Gasteiger partial charge in [-0.3, -0.25) is 25.0 Å². The number of nitro benzene ring substituents is 2. The van der Waals surface area contributed by atoms with Gasteiger partial charge in [-0.1, -0.05) is 0 Å². The van der Waals surface area contributed by atoms with E-state index in [2.05, 4.69) is 5.32 Å². The first-order valence-electron chi connectivity index (χ1n) is 7.20. The number of furan rings is 1. The van der Waals surface area contributed by atoms with Gasteiger partial charge in [-0.25, -0.2) is 0 Å². The second kappa shape index (κ2) is 6.51. The normalized spacial score (nSPS) is 10.5. The van der Waals surface area contributed by atoms with Gasteiger partial charge in [0.1, 0.15) is 17.6 Å². The molecule has 26 heavy (non-hydrogen) atoms. The number of carbonyl (C=O) groups excluding carboxylic acids is 1. The maximum absolute atomic E-state index is 12.6. The zero-order chi connectivity index (χ0) is 18.8. The molecule has 3 rings (SSSR count). The lowest BCUT2D eigenvalue weighted by Gasteiger charge is -2.09. The highest BCUT2D eigenvalue weighted by molar-refractivity contribution is 6.13. The molecule has 132 valence electrons. The highest BCUT2D eigenvalue weighted by Gasteiger charge is 2.19. The number of non-ortho nitro benzene ring substituents is 2. The topological polar surface area (TPSA) is 138 Å². The number of rotatable bonds is 5. The van der Waals surface area contributed by atoms with Crippen molar-refractivity contribution in [2.45, 2.75) is 0 Å². The smallest absolute Gasteiger partial charge is 0.271 e. The third-order valence-electron chi connectivity index (χ3n) is 3.65.